The summed E-state index contributed by atoms with van der Waals surface area (Å²) in [7, 11) is 0. The van der Waals surface area contributed by atoms with E-state index in [9.17, 15) is 4.79 Å². The van der Waals surface area contributed by atoms with Crippen LogP contribution in [0.25, 0.3) is 0 Å². The highest BCUT2D eigenvalue weighted by Crippen LogP contribution is 2.28. The molecule has 106 valence electrons. The van der Waals surface area contributed by atoms with E-state index in [-0.39, 0.29) is 5.91 Å². The van der Waals surface area contributed by atoms with Crippen LogP contribution in [0.4, 0.5) is 5.13 Å². The molecule has 2 rings (SSSR count). The van der Waals surface area contributed by atoms with Crippen molar-refractivity contribution in [3.05, 3.63) is 11.1 Å². The Hall–Kier alpha value is -1.10. The van der Waals surface area contributed by atoms with Gasteiger partial charge in [0.2, 0.25) is 5.91 Å². The summed E-state index contributed by atoms with van der Waals surface area (Å²) >= 11 is 1.66. The molecule has 1 aliphatic rings. The van der Waals surface area contributed by atoms with Gasteiger partial charge in [0.05, 0.1) is 6.54 Å². The van der Waals surface area contributed by atoms with Gasteiger partial charge in [-0.3, -0.25) is 4.79 Å². The average Bonchev–Trinajstić information content (AvgIpc) is 2.95. The molecule has 1 saturated heterocycles. The van der Waals surface area contributed by atoms with Crippen LogP contribution >= 0.6 is 11.3 Å². The molecule has 19 heavy (non-hydrogen) atoms. The van der Waals surface area contributed by atoms with E-state index in [2.05, 4.69) is 31.1 Å². The number of nitrogens with one attached hydrogen (secondary N) is 1. The predicted molar refractivity (Wildman–Crippen MR) is 79.3 cm³/mol. The van der Waals surface area contributed by atoms with Gasteiger partial charge in [-0.05, 0) is 18.3 Å². The SMILES string of the molecule is CCCNc1ncc(CN2CC(C(C)C)CC2=O)s1. The van der Waals surface area contributed by atoms with Crippen LogP contribution in [0.15, 0.2) is 6.20 Å². The molecule has 1 unspecified atom stereocenters. The molecule has 1 amide bonds. The van der Waals surface area contributed by atoms with Gasteiger partial charge in [0, 0.05) is 30.6 Å². The molecule has 0 aliphatic carbocycles. The predicted octanol–water partition coefficient (Wildman–Crippen LogP) is 2.97. The lowest BCUT2D eigenvalue weighted by Crippen LogP contribution is -2.24. The monoisotopic (exact) mass is 281 g/mol. The number of hydrogen-bond donors (Lipinski definition) is 1. The summed E-state index contributed by atoms with van der Waals surface area (Å²) in [5, 5.41) is 4.24. The van der Waals surface area contributed by atoms with Gasteiger partial charge in [-0.1, -0.05) is 20.8 Å². The second-order valence-electron chi connectivity index (χ2n) is 5.54. The molecule has 1 N–H and O–H groups in total. The topological polar surface area (TPSA) is 45.2 Å². The Morgan fingerprint density at radius 3 is 3.00 bits per heavy atom. The first-order valence-corrected chi connectivity index (χ1v) is 7.88. The third-order valence-electron chi connectivity index (χ3n) is 3.61. The average molecular weight is 281 g/mol. The molecule has 0 spiro atoms. The molecule has 0 radical (unpaired) electrons. The van der Waals surface area contributed by atoms with Crippen molar-refractivity contribution >= 4 is 22.4 Å². The zero-order valence-electron chi connectivity index (χ0n) is 12.0. The van der Waals surface area contributed by atoms with Gasteiger partial charge < -0.3 is 10.2 Å². The minimum Gasteiger partial charge on any atom is -0.362 e. The Kier molecular flexibility index (Phi) is 4.80. The fourth-order valence-electron chi connectivity index (χ4n) is 2.28. The summed E-state index contributed by atoms with van der Waals surface area (Å²) < 4.78 is 0. The van der Waals surface area contributed by atoms with E-state index in [4.69, 9.17) is 0 Å². The van der Waals surface area contributed by atoms with Crippen LogP contribution in [0.3, 0.4) is 0 Å². The number of thiazole rings is 1. The van der Waals surface area contributed by atoms with E-state index in [0.717, 1.165) is 29.5 Å². The van der Waals surface area contributed by atoms with Crippen LogP contribution in [0.1, 0.15) is 38.5 Å². The molecule has 5 heteroatoms. The molecule has 0 aromatic carbocycles. The quantitative estimate of drug-likeness (QED) is 0.872. The van der Waals surface area contributed by atoms with Gasteiger partial charge in [-0.25, -0.2) is 4.98 Å². The van der Waals surface area contributed by atoms with E-state index in [0.29, 0.717) is 24.8 Å². The molecular formula is C14H23N3OS. The minimum absolute atomic E-state index is 0.287. The highest BCUT2D eigenvalue weighted by atomic mass is 32.1. The maximum atomic E-state index is 12.0. The van der Waals surface area contributed by atoms with Crippen molar-refractivity contribution in [2.24, 2.45) is 11.8 Å². The fourth-order valence-corrected chi connectivity index (χ4v) is 3.14. The third kappa shape index (κ3) is 3.69. The van der Waals surface area contributed by atoms with E-state index < -0.39 is 0 Å². The molecule has 0 saturated carbocycles. The largest absolute Gasteiger partial charge is 0.362 e. The Balaban J connectivity index is 1.90. The number of amides is 1. The fraction of sp³-hybridized carbons (Fsp3) is 0.714. The Bertz CT molecular complexity index is 430. The lowest BCUT2D eigenvalue weighted by Gasteiger charge is -2.16. The van der Waals surface area contributed by atoms with E-state index >= 15 is 0 Å². The first kappa shape index (κ1) is 14.3. The number of hydrogen-bond acceptors (Lipinski definition) is 4. The number of anilines is 1. The van der Waals surface area contributed by atoms with E-state index in [1.807, 2.05) is 11.1 Å². The number of carbonyl (C=O) groups excluding carboxylic acids is 1. The molecule has 1 fully saturated rings. The Morgan fingerprint density at radius 1 is 1.58 bits per heavy atom. The maximum absolute atomic E-state index is 12.0. The number of aromatic nitrogens is 1. The van der Waals surface area contributed by atoms with Crippen molar-refractivity contribution < 1.29 is 4.79 Å². The normalized spacial score (nSPS) is 19.5. The van der Waals surface area contributed by atoms with E-state index in [1.165, 1.54) is 0 Å². The number of rotatable bonds is 6. The molecular weight excluding hydrogens is 258 g/mol. The van der Waals surface area contributed by atoms with Gasteiger partial charge in [-0.2, -0.15) is 0 Å². The molecule has 0 bridgehead atoms. The van der Waals surface area contributed by atoms with Crippen LogP contribution in [0, 0.1) is 11.8 Å². The highest BCUT2D eigenvalue weighted by Gasteiger charge is 2.31. The van der Waals surface area contributed by atoms with Crippen molar-refractivity contribution in [2.75, 3.05) is 18.4 Å². The van der Waals surface area contributed by atoms with Crippen molar-refractivity contribution in [1.82, 2.24) is 9.88 Å². The molecule has 2 heterocycles. The second kappa shape index (κ2) is 6.37. The van der Waals surface area contributed by atoms with Crippen LogP contribution in [-0.4, -0.2) is 28.9 Å². The van der Waals surface area contributed by atoms with E-state index in [1.54, 1.807) is 11.3 Å². The van der Waals surface area contributed by atoms with Gasteiger partial charge in [0.15, 0.2) is 5.13 Å². The van der Waals surface area contributed by atoms with Crippen molar-refractivity contribution in [3.63, 3.8) is 0 Å². The molecule has 1 aromatic rings. The summed E-state index contributed by atoms with van der Waals surface area (Å²) in [6, 6.07) is 0. The zero-order chi connectivity index (χ0) is 13.8. The van der Waals surface area contributed by atoms with Crippen molar-refractivity contribution in [1.29, 1.82) is 0 Å². The zero-order valence-corrected chi connectivity index (χ0v) is 12.8. The highest BCUT2D eigenvalue weighted by molar-refractivity contribution is 7.15. The summed E-state index contributed by atoms with van der Waals surface area (Å²) in [6.07, 6.45) is 3.69. The molecule has 4 nitrogen and oxygen atoms in total. The van der Waals surface area contributed by atoms with Crippen LogP contribution in [0.2, 0.25) is 0 Å². The van der Waals surface area contributed by atoms with Gasteiger partial charge in [-0.15, -0.1) is 11.3 Å². The number of carbonyl (C=O) groups is 1. The lowest BCUT2D eigenvalue weighted by atomic mass is 9.95. The maximum Gasteiger partial charge on any atom is 0.223 e. The minimum atomic E-state index is 0.287. The number of likely N-dealkylation sites (tertiary alicyclic amines) is 1. The molecule has 1 aromatic heterocycles. The second-order valence-corrected chi connectivity index (χ2v) is 6.66. The summed E-state index contributed by atoms with van der Waals surface area (Å²) in [4.78, 5) is 19.4. The summed E-state index contributed by atoms with van der Waals surface area (Å²) in [6.45, 7) is 9.09. The number of nitrogens with zero attached hydrogens (tertiary/aromatic N) is 2. The summed E-state index contributed by atoms with van der Waals surface area (Å²) in [5.74, 6) is 1.38. The first-order chi connectivity index (χ1) is 9.10. The smallest absolute Gasteiger partial charge is 0.223 e. The molecule has 1 aliphatic heterocycles. The summed E-state index contributed by atoms with van der Waals surface area (Å²) in [5.41, 5.74) is 0. The van der Waals surface area contributed by atoms with Crippen LogP contribution in [0.5, 0.6) is 0 Å². The van der Waals surface area contributed by atoms with Crippen LogP contribution < -0.4 is 5.32 Å². The van der Waals surface area contributed by atoms with Gasteiger partial charge in [0.1, 0.15) is 0 Å². The third-order valence-corrected chi connectivity index (χ3v) is 4.55. The van der Waals surface area contributed by atoms with Crippen molar-refractivity contribution in [2.45, 2.75) is 40.2 Å². The van der Waals surface area contributed by atoms with Crippen molar-refractivity contribution in [3.8, 4) is 0 Å². The van der Waals surface area contributed by atoms with Gasteiger partial charge in [0.25, 0.3) is 0 Å². The first-order valence-electron chi connectivity index (χ1n) is 7.06. The Morgan fingerprint density at radius 2 is 2.37 bits per heavy atom. The Labute approximate surface area is 119 Å². The van der Waals surface area contributed by atoms with Gasteiger partial charge >= 0.3 is 0 Å². The van der Waals surface area contributed by atoms with Crippen LogP contribution in [-0.2, 0) is 11.3 Å². The lowest BCUT2D eigenvalue weighted by molar-refractivity contribution is -0.128. The standard InChI is InChI=1S/C14H23N3OS/c1-4-5-15-14-16-7-12(19-14)9-17-8-11(10(2)3)6-13(17)18/h7,10-11H,4-6,8-9H2,1-3H3,(H,15,16). The molecule has 1 atom stereocenters.